The molecule has 1 aliphatic carbocycles. The summed E-state index contributed by atoms with van der Waals surface area (Å²) in [5.74, 6) is 0.235. The second-order valence-corrected chi connectivity index (χ2v) is 7.16. The van der Waals surface area contributed by atoms with Crippen molar-refractivity contribution in [1.82, 2.24) is 5.32 Å². The van der Waals surface area contributed by atoms with Crippen LogP contribution in [0.3, 0.4) is 0 Å². The van der Waals surface area contributed by atoms with Gasteiger partial charge in [0, 0.05) is 24.8 Å². The minimum absolute atomic E-state index is 0.0942. The molecule has 2 N–H and O–H groups in total. The number of hydrogen-bond donors (Lipinski definition) is 2. The van der Waals surface area contributed by atoms with Crippen LogP contribution in [0.2, 0.25) is 0 Å². The molecule has 0 bridgehead atoms. The van der Waals surface area contributed by atoms with Crippen molar-refractivity contribution in [3.05, 3.63) is 35.9 Å². The van der Waals surface area contributed by atoms with E-state index in [9.17, 15) is 4.79 Å². The minimum atomic E-state index is 0.0942. The molecule has 0 unspecified atom stereocenters. The van der Waals surface area contributed by atoms with E-state index in [-0.39, 0.29) is 17.4 Å². The lowest BCUT2D eigenvalue weighted by atomic mass is 9.79. The lowest BCUT2D eigenvalue weighted by molar-refractivity contribution is -0.901. The van der Waals surface area contributed by atoms with Gasteiger partial charge in [-0.25, -0.2) is 0 Å². The zero-order valence-electron chi connectivity index (χ0n) is 13.7. The standard InChI is InChI=1S/C19H28N2O/c1-16(21-13-7-8-14-21)18(22)20-15-19(11-5-6-12-19)17-9-3-2-4-10-17/h2-4,9-10,16H,5-8,11-15H2,1H3,(H,20,22)/p+1/t16-/m0/s1. The smallest absolute Gasteiger partial charge is 0.278 e. The Kier molecular flexibility index (Phi) is 4.82. The van der Waals surface area contributed by atoms with Gasteiger partial charge >= 0.3 is 0 Å². The Labute approximate surface area is 134 Å². The Morgan fingerprint density at radius 1 is 1.14 bits per heavy atom. The summed E-state index contributed by atoms with van der Waals surface area (Å²) in [6.45, 7) is 5.18. The maximum atomic E-state index is 12.5. The van der Waals surface area contributed by atoms with E-state index >= 15 is 0 Å². The van der Waals surface area contributed by atoms with Gasteiger partial charge in [-0.15, -0.1) is 0 Å². The second-order valence-electron chi connectivity index (χ2n) is 7.16. The molecule has 1 heterocycles. The Morgan fingerprint density at radius 2 is 1.77 bits per heavy atom. The molecule has 1 amide bonds. The van der Waals surface area contributed by atoms with E-state index in [1.807, 2.05) is 0 Å². The Hall–Kier alpha value is -1.35. The largest absolute Gasteiger partial charge is 0.350 e. The first-order valence-corrected chi connectivity index (χ1v) is 8.89. The van der Waals surface area contributed by atoms with E-state index in [0.29, 0.717) is 0 Å². The normalized spacial score (nSPS) is 22.6. The van der Waals surface area contributed by atoms with Gasteiger partial charge in [0.2, 0.25) is 0 Å². The number of benzene rings is 1. The molecule has 120 valence electrons. The molecule has 3 rings (SSSR count). The molecule has 22 heavy (non-hydrogen) atoms. The van der Waals surface area contributed by atoms with Gasteiger partial charge in [0.05, 0.1) is 13.1 Å². The average Bonchev–Trinajstić information content (AvgIpc) is 3.25. The van der Waals surface area contributed by atoms with Crippen molar-refractivity contribution in [2.75, 3.05) is 19.6 Å². The molecule has 3 heteroatoms. The van der Waals surface area contributed by atoms with Gasteiger partial charge in [0.1, 0.15) is 0 Å². The van der Waals surface area contributed by atoms with E-state index < -0.39 is 0 Å². The highest BCUT2D eigenvalue weighted by Crippen LogP contribution is 2.40. The summed E-state index contributed by atoms with van der Waals surface area (Å²) in [7, 11) is 0. The van der Waals surface area contributed by atoms with Gasteiger partial charge in [-0.1, -0.05) is 43.2 Å². The van der Waals surface area contributed by atoms with Crippen LogP contribution in [0.5, 0.6) is 0 Å². The third-order valence-electron chi connectivity index (χ3n) is 5.80. The monoisotopic (exact) mass is 301 g/mol. The zero-order chi connectivity index (χ0) is 15.4. The zero-order valence-corrected chi connectivity index (χ0v) is 13.7. The van der Waals surface area contributed by atoms with Crippen molar-refractivity contribution in [3.8, 4) is 0 Å². The molecule has 1 saturated carbocycles. The molecular formula is C19H29N2O+. The van der Waals surface area contributed by atoms with Crippen LogP contribution >= 0.6 is 0 Å². The summed E-state index contributed by atoms with van der Waals surface area (Å²) in [5.41, 5.74) is 1.56. The fourth-order valence-corrected chi connectivity index (χ4v) is 4.27. The molecule has 1 atom stereocenters. The number of quaternary nitrogens is 1. The number of amides is 1. The van der Waals surface area contributed by atoms with Crippen molar-refractivity contribution >= 4 is 5.91 Å². The Bertz CT molecular complexity index is 487. The van der Waals surface area contributed by atoms with Crippen LogP contribution in [-0.2, 0) is 10.2 Å². The van der Waals surface area contributed by atoms with E-state index in [2.05, 4.69) is 42.6 Å². The molecule has 1 aromatic carbocycles. The number of carbonyl (C=O) groups excluding carboxylic acids is 1. The van der Waals surface area contributed by atoms with E-state index in [4.69, 9.17) is 0 Å². The van der Waals surface area contributed by atoms with Crippen LogP contribution in [0.1, 0.15) is 51.0 Å². The number of rotatable bonds is 5. The number of likely N-dealkylation sites (tertiary alicyclic amines) is 1. The fraction of sp³-hybridized carbons (Fsp3) is 0.632. The summed E-state index contributed by atoms with van der Waals surface area (Å²) >= 11 is 0. The van der Waals surface area contributed by atoms with Crippen LogP contribution in [0, 0.1) is 0 Å². The Morgan fingerprint density at radius 3 is 2.41 bits per heavy atom. The van der Waals surface area contributed by atoms with Gasteiger partial charge in [-0.05, 0) is 25.3 Å². The highest BCUT2D eigenvalue weighted by atomic mass is 16.2. The third-order valence-corrected chi connectivity index (χ3v) is 5.80. The summed E-state index contributed by atoms with van der Waals surface area (Å²) in [6.07, 6.45) is 7.47. The van der Waals surface area contributed by atoms with Crippen molar-refractivity contribution in [2.45, 2.75) is 56.9 Å². The first kappa shape index (κ1) is 15.5. The van der Waals surface area contributed by atoms with Gasteiger partial charge < -0.3 is 10.2 Å². The highest BCUT2D eigenvalue weighted by molar-refractivity contribution is 5.80. The third kappa shape index (κ3) is 3.19. The van der Waals surface area contributed by atoms with Crippen LogP contribution in [0.15, 0.2) is 30.3 Å². The minimum Gasteiger partial charge on any atom is -0.350 e. The van der Waals surface area contributed by atoms with Crippen molar-refractivity contribution in [2.24, 2.45) is 0 Å². The highest BCUT2D eigenvalue weighted by Gasteiger charge is 2.37. The predicted molar refractivity (Wildman–Crippen MR) is 89.0 cm³/mol. The SMILES string of the molecule is C[C@@H](C(=O)NCC1(c2ccccc2)CCCC1)[NH+]1CCCC1. The van der Waals surface area contributed by atoms with Crippen molar-refractivity contribution in [3.63, 3.8) is 0 Å². The maximum absolute atomic E-state index is 12.5. The Balaban J connectivity index is 1.64. The van der Waals surface area contributed by atoms with Crippen molar-refractivity contribution < 1.29 is 9.69 Å². The lowest BCUT2D eigenvalue weighted by Gasteiger charge is -2.31. The molecule has 1 saturated heterocycles. The van der Waals surface area contributed by atoms with E-state index in [0.717, 1.165) is 19.6 Å². The van der Waals surface area contributed by atoms with Gasteiger partial charge in [0.25, 0.3) is 5.91 Å². The van der Waals surface area contributed by atoms with Gasteiger partial charge in [-0.2, -0.15) is 0 Å². The summed E-state index contributed by atoms with van der Waals surface area (Å²) in [5, 5.41) is 3.28. The quantitative estimate of drug-likeness (QED) is 0.852. The molecule has 0 spiro atoms. The number of hydrogen-bond acceptors (Lipinski definition) is 1. The second kappa shape index (κ2) is 6.82. The molecule has 0 radical (unpaired) electrons. The first-order chi connectivity index (χ1) is 10.7. The fourth-order valence-electron chi connectivity index (χ4n) is 4.27. The first-order valence-electron chi connectivity index (χ1n) is 8.89. The lowest BCUT2D eigenvalue weighted by Crippen LogP contribution is -3.15. The molecule has 3 nitrogen and oxygen atoms in total. The number of carbonyl (C=O) groups is 1. The van der Waals surface area contributed by atoms with Crippen LogP contribution in [-0.4, -0.2) is 31.6 Å². The molecular weight excluding hydrogens is 272 g/mol. The molecule has 0 aromatic heterocycles. The van der Waals surface area contributed by atoms with Crippen LogP contribution < -0.4 is 10.2 Å². The van der Waals surface area contributed by atoms with Crippen molar-refractivity contribution in [1.29, 1.82) is 0 Å². The van der Waals surface area contributed by atoms with Gasteiger partial charge in [0.15, 0.2) is 6.04 Å². The maximum Gasteiger partial charge on any atom is 0.278 e. The summed E-state index contributed by atoms with van der Waals surface area (Å²) in [6, 6.07) is 10.9. The summed E-state index contributed by atoms with van der Waals surface area (Å²) < 4.78 is 0. The predicted octanol–water partition coefficient (Wildman–Crippen LogP) is 1.68. The number of nitrogens with one attached hydrogen (secondary N) is 2. The molecule has 2 fully saturated rings. The molecule has 2 aliphatic rings. The molecule has 1 aromatic rings. The van der Waals surface area contributed by atoms with Crippen LogP contribution in [0.25, 0.3) is 0 Å². The van der Waals surface area contributed by atoms with E-state index in [1.165, 1.54) is 49.0 Å². The molecule has 1 aliphatic heterocycles. The van der Waals surface area contributed by atoms with Gasteiger partial charge in [-0.3, -0.25) is 4.79 Å². The van der Waals surface area contributed by atoms with Crippen LogP contribution in [0.4, 0.5) is 0 Å². The van der Waals surface area contributed by atoms with E-state index in [1.54, 1.807) is 0 Å². The summed E-state index contributed by atoms with van der Waals surface area (Å²) in [4.78, 5) is 14.0. The topological polar surface area (TPSA) is 33.5 Å². The average molecular weight is 301 g/mol.